The van der Waals surface area contributed by atoms with Gasteiger partial charge in [0.25, 0.3) is 0 Å². The molecule has 0 saturated heterocycles. The minimum absolute atomic E-state index is 0.713. The minimum Gasteiger partial charge on any atom is -0.316 e. The van der Waals surface area contributed by atoms with E-state index in [-0.39, 0.29) is 0 Å². The molecule has 0 amide bonds. The van der Waals surface area contributed by atoms with Crippen LogP contribution in [0.15, 0.2) is 6.20 Å². The summed E-state index contributed by atoms with van der Waals surface area (Å²) in [6.07, 6.45) is 2.81. The van der Waals surface area contributed by atoms with E-state index in [4.69, 9.17) is 0 Å². The van der Waals surface area contributed by atoms with Gasteiger partial charge >= 0.3 is 0 Å². The van der Waals surface area contributed by atoms with Crippen molar-refractivity contribution in [1.82, 2.24) is 20.3 Å². The Balaban J connectivity index is 2.17. The first-order valence-electron chi connectivity index (χ1n) is 4.74. The summed E-state index contributed by atoms with van der Waals surface area (Å²) in [5, 5.41) is 11.1. The first kappa shape index (κ1) is 10.2. The zero-order valence-corrected chi connectivity index (χ0v) is 8.62. The summed E-state index contributed by atoms with van der Waals surface area (Å²) < 4.78 is 1.82. The quantitative estimate of drug-likeness (QED) is 0.678. The highest BCUT2D eigenvalue weighted by Gasteiger charge is 1.99. The molecule has 0 bridgehead atoms. The van der Waals surface area contributed by atoms with Gasteiger partial charge in [0, 0.05) is 20.0 Å². The molecule has 0 atom stereocenters. The molecule has 74 valence electrons. The lowest BCUT2D eigenvalue weighted by Crippen LogP contribution is -2.22. The first-order valence-corrected chi connectivity index (χ1v) is 4.74. The fourth-order valence-electron chi connectivity index (χ4n) is 1.14. The Morgan fingerprint density at radius 3 is 2.85 bits per heavy atom. The zero-order valence-electron chi connectivity index (χ0n) is 8.62. The summed E-state index contributed by atoms with van der Waals surface area (Å²) in [5.41, 5.74) is 1.18. The maximum absolute atomic E-state index is 3.87. The van der Waals surface area contributed by atoms with Crippen molar-refractivity contribution < 1.29 is 0 Å². The average molecular weight is 182 g/mol. The molecule has 1 aromatic heterocycles. The number of hydrogen-bond donors (Lipinski definition) is 1. The molecule has 0 aliphatic heterocycles. The van der Waals surface area contributed by atoms with Gasteiger partial charge < -0.3 is 5.32 Å². The van der Waals surface area contributed by atoms with Gasteiger partial charge in [-0.2, -0.15) is 0 Å². The van der Waals surface area contributed by atoms with Crippen molar-refractivity contribution >= 4 is 0 Å². The smallest absolute Gasteiger partial charge is 0.0725 e. The van der Waals surface area contributed by atoms with E-state index < -0.39 is 0 Å². The predicted molar refractivity (Wildman–Crippen MR) is 52.4 cm³/mol. The van der Waals surface area contributed by atoms with E-state index >= 15 is 0 Å². The van der Waals surface area contributed by atoms with Crippen LogP contribution in [-0.2, 0) is 13.5 Å². The van der Waals surface area contributed by atoms with Crippen LogP contribution < -0.4 is 5.32 Å². The van der Waals surface area contributed by atoms with Crippen molar-refractivity contribution in [2.24, 2.45) is 13.0 Å². The van der Waals surface area contributed by atoms with Crippen LogP contribution in [0, 0.1) is 5.92 Å². The van der Waals surface area contributed by atoms with Crippen LogP contribution in [-0.4, -0.2) is 28.1 Å². The highest BCUT2D eigenvalue weighted by atomic mass is 15.4. The molecule has 1 N–H and O–H groups in total. The largest absolute Gasteiger partial charge is 0.316 e. The van der Waals surface area contributed by atoms with Gasteiger partial charge in [0.1, 0.15) is 0 Å². The third kappa shape index (κ3) is 3.55. The lowest BCUT2D eigenvalue weighted by molar-refractivity contribution is 0.546. The highest BCUT2D eigenvalue weighted by Crippen LogP contribution is 1.94. The van der Waals surface area contributed by atoms with E-state index in [1.807, 2.05) is 17.9 Å². The van der Waals surface area contributed by atoms with Crippen LogP contribution in [0.1, 0.15) is 19.5 Å². The standard InChI is InChI=1S/C9H18N4/c1-8(2)6-10-5-4-9-7-11-12-13(9)3/h7-8,10H,4-6H2,1-3H3. The van der Waals surface area contributed by atoms with Gasteiger partial charge in [-0.25, -0.2) is 0 Å². The third-order valence-electron chi connectivity index (χ3n) is 1.92. The lowest BCUT2D eigenvalue weighted by Gasteiger charge is -2.06. The Morgan fingerprint density at radius 1 is 1.54 bits per heavy atom. The Morgan fingerprint density at radius 2 is 2.31 bits per heavy atom. The second-order valence-electron chi connectivity index (χ2n) is 3.70. The van der Waals surface area contributed by atoms with Gasteiger partial charge in [-0.05, 0) is 12.5 Å². The fourth-order valence-corrected chi connectivity index (χ4v) is 1.14. The van der Waals surface area contributed by atoms with E-state index in [9.17, 15) is 0 Å². The van der Waals surface area contributed by atoms with E-state index in [2.05, 4.69) is 29.5 Å². The van der Waals surface area contributed by atoms with Crippen molar-refractivity contribution in [1.29, 1.82) is 0 Å². The van der Waals surface area contributed by atoms with Crippen LogP contribution in [0.5, 0.6) is 0 Å². The Bertz CT molecular complexity index is 242. The molecule has 0 unspecified atom stereocenters. The van der Waals surface area contributed by atoms with E-state index in [0.29, 0.717) is 5.92 Å². The maximum atomic E-state index is 3.87. The Labute approximate surface area is 79.3 Å². The van der Waals surface area contributed by atoms with Crippen LogP contribution in [0.2, 0.25) is 0 Å². The average Bonchev–Trinajstić information content (AvgIpc) is 2.45. The van der Waals surface area contributed by atoms with Gasteiger partial charge in [0.05, 0.1) is 11.9 Å². The van der Waals surface area contributed by atoms with Crippen LogP contribution >= 0.6 is 0 Å². The summed E-state index contributed by atoms with van der Waals surface area (Å²) in [4.78, 5) is 0. The van der Waals surface area contributed by atoms with Crippen LogP contribution in [0.3, 0.4) is 0 Å². The molecule has 0 spiro atoms. The van der Waals surface area contributed by atoms with Gasteiger partial charge in [0.2, 0.25) is 0 Å². The third-order valence-corrected chi connectivity index (χ3v) is 1.92. The molecule has 0 aliphatic rings. The molecular weight excluding hydrogens is 164 g/mol. The minimum atomic E-state index is 0.713. The van der Waals surface area contributed by atoms with Crippen LogP contribution in [0.4, 0.5) is 0 Å². The Hall–Kier alpha value is -0.900. The molecule has 4 heteroatoms. The molecule has 1 aromatic rings. The van der Waals surface area contributed by atoms with E-state index in [1.165, 1.54) is 5.69 Å². The molecule has 0 aromatic carbocycles. The topological polar surface area (TPSA) is 42.7 Å². The molecule has 1 rings (SSSR count). The second kappa shape index (κ2) is 4.97. The summed E-state index contributed by atoms with van der Waals surface area (Å²) in [7, 11) is 1.92. The van der Waals surface area contributed by atoms with Gasteiger partial charge in [-0.15, -0.1) is 5.10 Å². The number of nitrogens with zero attached hydrogens (tertiary/aromatic N) is 3. The molecule has 1 heterocycles. The molecule has 13 heavy (non-hydrogen) atoms. The van der Waals surface area contributed by atoms with Crippen LogP contribution in [0.25, 0.3) is 0 Å². The van der Waals surface area contributed by atoms with E-state index in [1.54, 1.807) is 0 Å². The molecule has 0 fully saturated rings. The van der Waals surface area contributed by atoms with E-state index in [0.717, 1.165) is 19.5 Å². The Kier molecular flexibility index (Phi) is 3.89. The SMILES string of the molecule is CC(C)CNCCc1cnnn1C. The summed E-state index contributed by atoms with van der Waals surface area (Å²) in [6, 6.07) is 0. The highest BCUT2D eigenvalue weighted by molar-refractivity contribution is 4.93. The molecular formula is C9H18N4. The molecule has 0 saturated carbocycles. The lowest BCUT2D eigenvalue weighted by atomic mass is 10.2. The van der Waals surface area contributed by atoms with Gasteiger partial charge in [-0.1, -0.05) is 19.1 Å². The summed E-state index contributed by atoms with van der Waals surface area (Å²) in [6.45, 7) is 6.49. The van der Waals surface area contributed by atoms with Crippen molar-refractivity contribution in [3.8, 4) is 0 Å². The number of aryl methyl sites for hydroxylation is 1. The van der Waals surface area contributed by atoms with Crippen molar-refractivity contribution in [3.63, 3.8) is 0 Å². The molecule has 4 nitrogen and oxygen atoms in total. The normalized spacial score (nSPS) is 11.1. The van der Waals surface area contributed by atoms with Gasteiger partial charge in [-0.3, -0.25) is 4.68 Å². The zero-order chi connectivity index (χ0) is 9.68. The first-order chi connectivity index (χ1) is 6.20. The molecule has 0 aliphatic carbocycles. The number of hydrogen-bond acceptors (Lipinski definition) is 3. The molecule has 0 radical (unpaired) electrons. The fraction of sp³-hybridized carbons (Fsp3) is 0.778. The maximum Gasteiger partial charge on any atom is 0.0725 e. The number of nitrogens with one attached hydrogen (secondary N) is 1. The number of rotatable bonds is 5. The number of aromatic nitrogens is 3. The van der Waals surface area contributed by atoms with Crippen molar-refractivity contribution in [3.05, 3.63) is 11.9 Å². The summed E-state index contributed by atoms with van der Waals surface area (Å²) >= 11 is 0. The van der Waals surface area contributed by atoms with Crippen molar-refractivity contribution in [2.75, 3.05) is 13.1 Å². The second-order valence-corrected chi connectivity index (χ2v) is 3.70. The monoisotopic (exact) mass is 182 g/mol. The van der Waals surface area contributed by atoms with Gasteiger partial charge in [0.15, 0.2) is 0 Å². The predicted octanol–water partition coefficient (Wildman–Crippen LogP) is 0.603. The summed E-state index contributed by atoms with van der Waals surface area (Å²) in [5.74, 6) is 0.713. The van der Waals surface area contributed by atoms with Crippen molar-refractivity contribution in [2.45, 2.75) is 20.3 Å².